The molecule has 2 aliphatic rings. The van der Waals surface area contributed by atoms with E-state index in [9.17, 15) is 19.2 Å². The highest BCUT2D eigenvalue weighted by Gasteiger charge is 2.42. The van der Waals surface area contributed by atoms with Crippen LogP contribution >= 0.6 is 0 Å². The van der Waals surface area contributed by atoms with Gasteiger partial charge < -0.3 is 20.6 Å². The molecule has 0 aromatic rings. The molecule has 0 bridgehead atoms. The van der Waals surface area contributed by atoms with Gasteiger partial charge in [-0.15, -0.1) is 0 Å². The summed E-state index contributed by atoms with van der Waals surface area (Å²) in [5.41, 5.74) is 0. The first-order chi connectivity index (χ1) is 9.88. The van der Waals surface area contributed by atoms with Crippen molar-refractivity contribution in [1.29, 1.82) is 0 Å². The van der Waals surface area contributed by atoms with E-state index in [2.05, 4.69) is 10.6 Å². The van der Waals surface area contributed by atoms with Gasteiger partial charge in [0.2, 0.25) is 11.8 Å². The topological polar surface area (TPSA) is 116 Å². The fourth-order valence-corrected chi connectivity index (χ4v) is 3.09. The van der Waals surface area contributed by atoms with Crippen LogP contribution < -0.4 is 10.6 Å². The normalized spacial score (nSPS) is 29.4. The van der Waals surface area contributed by atoms with Crippen LogP contribution in [0.5, 0.6) is 0 Å². The predicted molar refractivity (Wildman–Crippen MR) is 71.5 cm³/mol. The summed E-state index contributed by atoms with van der Waals surface area (Å²) in [6.45, 7) is 1.80. The highest BCUT2D eigenvalue weighted by Crippen LogP contribution is 2.25. The number of ketones is 1. The second-order valence-electron chi connectivity index (χ2n) is 5.48. The van der Waals surface area contributed by atoms with E-state index in [1.165, 1.54) is 6.92 Å². The van der Waals surface area contributed by atoms with Crippen molar-refractivity contribution in [3.63, 3.8) is 0 Å². The predicted octanol–water partition coefficient (Wildman–Crippen LogP) is -0.519. The zero-order valence-corrected chi connectivity index (χ0v) is 11.8. The number of nitrogens with one attached hydrogen (secondary N) is 2. The maximum Gasteiger partial charge on any atom is 0.405 e. The molecule has 8 nitrogen and oxygen atoms in total. The molecule has 0 spiro atoms. The Morgan fingerprint density at radius 3 is 2.57 bits per heavy atom. The summed E-state index contributed by atoms with van der Waals surface area (Å²) in [6.07, 6.45) is 0.261. The van der Waals surface area contributed by atoms with Crippen LogP contribution in [0.4, 0.5) is 4.79 Å². The minimum Gasteiger partial charge on any atom is -0.465 e. The molecular formula is C13H19N3O5. The van der Waals surface area contributed by atoms with Crippen molar-refractivity contribution in [1.82, 2.24) is 15.5 Å². The highest BCUT2D eigenvalue weighted by atomic mass is 16.4. The fourth-order valence-electron chi connectivity index (χ4n) is 3.09. The summed E-state index contributed by atoms with van der Waals surface area (Å²) < 4.78 is 0. The Kier molecular flexibility index (Phi) is 4.44. The molecule has 3 amide bonds. The fraction of sp³-hybridized carbons (Fsp3) is 0.692. The zero-order chi connectivity index (χ0) is 15.6. The maximum absolute atomic E-state index is 12.3. The van der Waals surface area contributed by atoms with Crippen molar-refractivity contribution in [3.8, 4) is 0 Å². The van der Waals surface area contributed by atoms with E-state index in [4.69, 9.17) is 5.11 Å². The largest absolute Gasteiger partial charge is 0.465 e. The summed E-state index contributed by atoms with van der Waals surface area (Å²) >= 11 is 0. The van der Waals surface area contributed by atoms with Crippen LogP contribution in [-0.4, -0.2) is 58.4 Å². The quantitative estimate of drug-likeness (QED) is 0.648. The number of hydrogen-bond acceptors (Lipinski definition) is 4. The number of carbonyl (C=O) groups is 4. The number of rotatable bonds is 3. The van der Waals surface area contributed by atoms with Gasteiger partial charge in [-0.25, -0.2) is 4.79 Å². The van der Waals surface area contributed by atoms with Gasteiger partial charge in [-0.3, -0.25) is 14.4 Å². The highest BCUT2D eigenvalue weighted by molar-refractivity contribution is 5.88. The van der Waals surface area contributed by atoms with E-state index in [1.807, 2.05) is 0 Å². The molecule has 1 saturated carbocycles. The molecule has 21 heavy (non-hydrogen) atoms. The number of nitrogens with zero attached hydrogens (tertiary/aromatic N) is 1. The number of Topliss-reactive ketones (excluding diaryl/α,β-unsaturated/α-hetero) is 1. The molecule has 116 valence electrons. The van der Waals surface area contributed by atoms with Gasteiger partial charge in [-0.2, -0.15) is 0 Å². The van der Waals surface area contributed by atoms with Crippen molar-refractivity contribution in [2.45, 2.75) is 50.7 Å². The van der Waals surface area contributed by atoms with E-state index < -0.39 is 18.2 Å². The van der Waals surface area contributed by atoms with E-state index >= 15 is 0 Å². The standard InChI is InChI=1S/C13H19N3O5/c1-7(17)14-10-6-8(18)2-3-11(10)16-5-4-9(12(16)19)15-13(20)21/h9-11,15H,2-6H2,1H3,(H,14,17)(H,20,21)/t9-,10-,11-/m0/s1. The Morgan fingerprint density at radius 1 is 1.24 bits per heavy atom. The van der Waals surface area contributed by atoms with Gasteiger partial charge in [-0.1, -0.05) is 0 Å². The number of amides is 3. The van der Waals surface area contributed by atoms with Crippen molar-refractivity contribution in [2.75, 3.05) is 6.54 Å². The lowest BCUT2D eigenvalue weighted by Crippen LogP contribution is -2.56. The maximum atomic E-state index is 12.3. The molecule has 1 aliphatic carbocycles. The van der Waals surface area contributed by atoms with Crippen LogP contribution in [0.15, 0.2) is 0 Å². The van der Waals surface area contributed by atoms with Crippen molar-refractivity contribution in [3.05, 3.63) is 0 Å². The van der Waals surface area contributed by atoms with Gasteiger partial charge in [0.05, 0.1) is 12.1 Å². The molecule has 1 heterocycles. The molecule has 3 N–H and O–H groups in total. The first kappa shape index (κ1) is 15.3. The molecule has 8 heteroatoms. The van der Waals surface area contributed by atoms with Crippen LogP contribution in [0.2, 0.25) is 0 Å². The number of carbonyl (C=O) groups excluding carboxylic acids is 3. The first-order valence-electron chi connectivity index (χ1n) is 6.97. The lowest BCUT2D eigenvalue weighted by Gasteiger charge is -2.37. The number of hydrogen-bond donors (Lipinski definition) is 3. The Morgan fingerprint density at radius 2 is 1.95 bits per heavy atom. The van der Waals surface area contributed by atoms with E-state index in [0.717, 1.165) is 0 Å². The van der Waals surface area contributed by atoms with E-state index in [0.29, 0.717) is 25.8 Å². The number of likely N-dealkylation sites (tertiary alicyclic amines) is 1. The van der Waals surface area contributed by atoms with Crippen molar-refractivity contribution >= 4 is 23.7 Å². The molecule has 2 fully saturated rings. The van der Waals surface area contributed by atoms with Gasteiger partial charge in [0.1, 0.15) is 11.8 Å². The second-order valence-corrected chi connectivity index (χ2v) is 5.48. The van der Waals surface area contributed by atoms with E-state index in [1.54, 1.807) is 4.90 Å². The smallest absolute Gasteiger partial charge is 0.405 e. The van der Waals surface area contributed by atoms with Crippen LogP contribution in [0.3, 0.4) is 0 Å². The zero-order valence-electron chi connectivity index (χ0n) is 11.8. The SMILES string of the molecule is CC(=O)N[C@H]1CC(=O)CC[C@@H]1N1CC[C@H](NC(=O)O)C1=O. The summed E-state index contributed by atoms with van der Waals surface area (Å²) in [4.78, 5) is 47.3. The average molecular weight is 297 g/mol. The minimum atomic E-state index is -1.23. The minimum absolute atomic E-state index is 0.0665. The molecular weight excluding hydrogens is 278 g/mol. The van der Waals surface area contributed by atoms with Gasteiger partial charge in [0.15, 0.2) is 0 Å². The molecule has 2 rings (SSSR count). The van der Waals surface area contributed by atoms with Gasteiger partial charge >= 0.3 is 6.09 Å². The molecule has 0 radical (unpaired) electrons. The Hall–Kier alpha value is -2.12. The van der Waals surface area contributed by atoms with Crippen molar-refractivity contribution < 1.29 is 24.3 Å². The summed E-state index contributed by atoms with van der Waals surface area (Å²) in [5, 5.41) is 13.6. The lowest BCUT2D eigenvalue weighted by molar-refractivity contribution is -0.135. The number of carboxylic acid groups (broad SMARTS) is 1. The summed E-state index contributed by atoms with van der Waals surface area (Å²) in [6, 6.07) is -1.38. The Labute approximate surface area is 121 Å². The average Bonchev–Trinajstić information content (AvgIpc) is 2.70. The van der Waals surface area contributed by atoms with Crippen LogP contribution in [0.25, 0.3) is 0 Å². The second kappa shape index (κ2) is 6.11. The molecule has 0 aromatic heterocycles. The monoisotopic (exact) mass is 297 g/mol. The third-order valence-corrected chi connectivity index (χ3v) is 3.96. The third-order valence-electron chi connectivity index (χ3n) is 3.96. The Bertz CT molecular complexity index is 476. The van der Waals surface area contributed by atoms with Crippen LogP contribution in [0, 0.1) is 0 Å². The van der Waals surface area contributed by atoms with Gasteiger partial charge in [-0.05, 0) is 12.8 Å². The Balaban J connectivity index is 2.08. The molecule has 3 atom stereocenters. The lowest BCUT2D eigenvalue weighted by atomic mass is 9.88. The van der Waals surface area contributed by atoms with Crippen LogP contribution in [-0.2, 0) is 14.4 Å². The van der Waals surface area contributed by atoms with E-state index in [-0.39, 0.29) is 30.1 Å². The first-order valence-corrected chi connectivity index (χ1v) is 6.97. The van der Waals surface area contributed by atoms with Gasteiger partial charge in [0, 0.05) is 26.3 Å². The summed E-state index contributed by atoms with van der Waals surface area (Å²) in [5.74, 6) is -0.462. The molecule has 0 unspecified atom stereocenters. The van der Waals surface area contributed by atoms with Crippen molar-refractivity contribution in [2.24, 2.45) is 0 Å². The molecule has 1 saturated heterocycles. The third kappa shape index (κ3) is 3.50. The van der Waals surface area contributed by atoms with Crippen LogP contribution in [0.1, 0.15) is 32.6 Å². The summed E-state index contributed by atoms with van der Waals surface area (Å²) in [7, 11) is 0. The van der Waals surface area contributed by atoms with Gasteiger partial charge in [0.25, 0.3) is 0 Å². The molecule has 0 aromatic carbocycles. The molecule has 1 aliphatic heterocycles.